The molecule has 0 bridgehead atoms. The molecule has 3 unspecified atom stereocenters. The summed E-state index contributed by atoms with van der Waals surface area (Å²) in [4.78, 5) is 1.43. The highest BCUT2D eigenvalue weighted by atomic mass is 79.9. The Hall–Kier alpha value is 0.01000. The Kier molecular flexibility index (Phi) is 5.79. The van der Waals surface area contributed by atoms with Gasteiger partial charge in [-0.15, -0.1) is 11.8 Å². The molecule has 19 heavy (non-hydrogen) atoms. The lowest BCUT2D eigenvalue weighted by Crippen LogP contribution is -2.19. The van der Waals surface area contributed by atoms with Crippen LogP contribution >= 0.6 is 27.7 Å². The van der Waals surface area contributed by atoms with Crippen molar-refractivity contribution in [3.63, 3.8) is 0 Å². The Labute approximate surface area is 129 Å². The summed E-state index contributed by atoms with van der Waals surface area (Å²) in [6.07, 6.45) is 6.48. The number of hydrogen-bond donors (Lipinski definition) is 1. The molecule has 0 saturated heterocycles. The molecule has 0 amide bonds. The maximum atomic E-state index is 5.97. The molecule has 0 spiro atoms. The summed E-state index contributed by atoms with van der Waals surface area (Å²) in [7, 11) is 0. The van der Waals surface area contributed by atoms with Gasteiger partial charge in [0.25, 0.3) is 0 Å². The first-order valence-corrected chi connectivity index (χ1v) is 8.92. The van der Waals surface area contributed by atoms with Gasteiger partial charge >= 0.3 is 0 Å². The summed E-state index contributed by atoms with van der Waals surface area (Å²) in [5, 5.41) is 0.789. The molecule has 2 rings (SSSR count). The summed E-state index contributed by atoms with van der Waals surface area (Å²) in [6.45, 7) is 4.47. The quantitative estimate of drug-likeness (QED) is 0.832. The standard InChI is InChI=1S/C16H24BrNS/c1-11-4-3-5-15(8-11)19-16-7-6-14(17)10-13(16)9-12(2)18/h6-7,10-12,15H,3-5,8-9,18H2,1-2H3. The van der Waals surface area contributed by atoms with E-state index in [0.717, 1.165) is 22.1 Å². The number of benzene rings is 1. The predicted molar refractivity (Wildman–Crippen MR) is 88.8 cm³/mol. The summed E-state index contributed by atoms with van der Waals surface area (Å²) < 4.78 is 1.16. The van der Waals surface area contributed by atoms with Gasteiger partial charge in [-0.1, -0.05) is 35.7 Å². The van der Waals surface area contributed by atoms with Gasteiger partial charge in [-0.3, -0.25) is 0 Å². The fraction of sp³-hybridized carbons (Fsp3) is 0.625. The molecule has 106 valence electrons. The summed E-state index contributed by atoms with van der Waals surface area (Å²) in [5.41, 5.74) is 7.37. The zero-order valence-electron chi connectivity index (χ0n) is 11.9. The van der Waals surface area contributed by atoms with Crippen LogP contribution in [0.1, 0.15) is 45.1 Å². The van der Waals surface area contributed by atoms with Crippen LogP contribution < -0.4 is 5.73 Å². The van der Waals surface area contributed by atoms with Gasteiger partial charge in [-0.25, -0.2) is 0 Å². The van der Waals surface area contributed by atoms with Gasteiger partial charge in [0.1, 0.15) is 0 Å². The van der Waals surface area contributed by atoms with Crippen molar-refractivity contribution in [3.8, 4) is 0 Å². The topological polar surface area (TPSA) is 26.0 Å². The second-order valence-electron chi connectivity index (χ2n) is 5.95. The van der Waals surface area contributed by atoms with E-state index < -0.39 is 0 Å². The lowest BCUT2D eigenvalue weighted by Gasteiger charge is -2.27. The van der Waals surface area contributed by atoms with Crippen LogP contribution in [0, 0.1) is 5.92 Å². The summed E-state index contributed by atoms with van der Waals surface area (Å²) in [5.74, 6) is 0.888. The van der Waals surface area contributed by atoms with E-state index in [1.165, 1.54) is 36.1 Å². The van der Waals surface area contributed by atoms with Gasteiger partial charge in [-0.05, 0) is 55.9 Å². The van der Waals surface area contributed by atoms with Crippen molar-refractivity contribution in [1.29, 1.82) is 0 Å². The van der Waals surface area contributed by atoms with Gasteiger partial charge in [0.05, 0.1) is 0 Å². The largest absolute Gasteiger partial charge is 0.328 e. The van der Waals surface area contributed by atoms with Gasteiger partial charge in [0, 0.05) is 20.7 Å². The third-order valence-corrected chi connectivity index (χ3v) is 5.65. The number of rotatable bonds is 4. The van der Waals surface area contributed by atoms with Crippen molar-refractivity contribution in [2.75, 3.05) is 0 Å². The Morgan fingerprint density at radius 1 is 1.42 bits per heavy atom. The molecular formula is C16H24BrNS. The van der Waals surface area contributed by atoms with E-state index in [1.54, 1.807) is 0 Å². The molecular weight excluding hydrogens is 318 g/mol. The van der Waals surface area contributed by atoms with Crippen LogP contribution in [0.5, 0.6) is 0 Å². The molecule has 0 aliphatic heterocycles. The molecule has 1 nitrogen and oxygen atoms in total. The third-order valence-electron chi connectivity index (χ3n) is 3.75. The van der Waals surface area contributed by atoms with Crippen LogP contribution in [-0.2, 0) is 6.42 Å². The van der Waals surface area contributed by atoms with E-state index in [-0.39, 0.29) is 6.04 Å². The minimum atomic E-state index is 0.221. The molecule has 2 N–H and O–H groups in total. The van der Waals surface area contributed by atoms with Crippen molar-refractivity contribution < 1.29 is 0 Å². The second kappa shape index (κ2) is 7.14. The van der Waals surface area contributed by atoms with Crippen LogP contribution in [0.15, 0.2) is 27.6 Å². The summed E-state index contributed by atoms with van der Waals surface area (Å²) in [6, 6.07) is 6.86. The van der Waals surface area contributed by atoms with Gasteiger partial charge < -0.3 is 5.73 Å². The van der Waals surface area contributed by atoms with Crippen LogP contribution in [0.3, 0.4) is 0 Å². The average Bonchev–Trinajstić information content (AvgIpc) is 2.32. The zero-order valence-corrected chi connectivity index (χ0v) is 14.3. The Bertz CT molecular complexity index is 419. The lowest BCUT2D eigenvalue weighted by atomic mass is 9.91. The molecule has 0 radical (unpaired) electrons. The third kappa shape index (κ3) is 4.80. The molecule has 1 aliphatic rings. The second-order valence-corrected chi connectivity index (χ2v) is 8.20. The zero-order chi connectivity index (χ0) is 13.8. The van der Waals surface area contributed by atoms with Crippen LogP contribution in [-0.4, -0.2) is 11.3 Å². The number of nitrogens with two attached hydrogens (primary N) is 1. The first kappa shape index (κ1) is 15.4. The van der Waals surface area contributed by atoms with Crippen LogP contribution in [0.25, 0.3) is 0 Å². The molecule has 1 aromatic carbocycles. The van der Waals surface area contributed by atoms with E-state index in [9.17, 15) is 0 Å². The molecule has 1 fully saturated rings. The Morgan fingerprint density at radius 3 is 2.89 bits per heavy atom. The summed E-state index contributed by atoms with van der Waals surface area (Å²) >= 11 is 5.64. The molecule has 1 saturated carbocycles. The highest BCUT2D eigenvalue weighted by Gasteiger charge is 2.20. The van der Waals surface area contributed by atoms with Gasteiger partial charge in [0.15, 0.2) is 0 Å². The molecule has 3 atom stereocenters. The SMILES string of the molecule is CC(N)Cc1cc(Br)ccc1SC1CCCC(C)C1. The van der Waals surface area contributed by atoms with E-state index in [4.69, 9.17) is 5.73 Å². The van der Waals surface area contributed by atoms with Crippen molar-refractivity contribution in [2.45, 2.75) is 62.1 Å². The maximum Gasteiger partial charge on any atom is 0.0178 e. The Morgan fingerprint density at radius 2 is 2.21 bits per heavy atom. The number of thioether (sulfide) groups is 1. The van der Waals surface area contributed by atoms with E-state index in [2.05, 4.69) is 59.7 Å². The van der Waals surface area contributed by atoms with Crippen molar-refractivity contribution >= 4 is 27.7 Å². The number of halogens is 1. The molecule has 1 aromatic rings. The van der Waals surface area contributed by atoms with Crippen molar-refractivity contribution in [1.82, 2.24) is 0 Å². The van der Waals surface area contributed by atoms with Gasteiger partial charge in [0.2, 0.25) is 0 Å². The first-order valence-electron chi connectivity index (χ1n) is 7.25. The number of hydrogen-bond acceptors (Lipinski definition) is 2. The van der Waals surface area contributed by atoms with Crippen LogP contribution in [0.4, 0.5) is 0 Å². The minimum absolute atomic E-state index is 0.221. The minimum Gasteiger partial charge on any atom is -0.328 e. The van der Waals surface area contributed by atoms with E-state index in [0.29, 0.717) is 0 Å². The molecule has 3 heteroatoms. The fourth-order valence-electron chi connectivity index (χ4n) is 2.83. The highest BCUT2D eigenvalue weighted by molar-refractivity contribution is 9.10. The lowest BCUT2D eigenvalue weighted by molar-refractivity contribution is 0.394. The first-order chi connectivity index (χ1) is 9.04. The highest BCUT2D eigenvalue weighted by Crippen LogP contribution is 2.38. The monoisotopic (exact) mass is 341 g/mol. The fourth-order valence-corrected chi connectivity index (χ4v) is 4.75. The molecule has 0 aromatic heterocycles. The van der Waals surface area contributed by atoms with Gasteiger partial charge in [-0.2, -0.15) is 0 Å². The predicted octanol–water partition coefficient (Wildman–Crippen LogP) is 5.01. The average molecular weight is 342 g/mol. The normalized spacial score (nSPS) is 25.3. The maximum absolute atomic E-state index is 5.97. The van der Waals surface area contributed by atoms with Crippen molar-refractivity contribution in [3.05, 3.63) is 28.2 Å². The van der Waals surface area contributed by atoms with Crippen molar-refractivity contribution in [2.24, 2.45) is 11.7 Å². The smallest absolute Gasteiger partial charge is 0.0178 e. The van der Waals surface area contributed by atoms with E-state index in [1.807, 2.05) is 0 Å². The van der Waals surface area contributed by atoms with Crippen LogP contribution in [0.2, 0.25) is 0 Å². The molecule has 0 heterocycles. The Balaban J connectivity index is 2.10. The van der Waals surface area contributed by atoms with E-state index >= 15 is 0 Å². The molecule has 1 aliphatic carbocycles.